The number of esters is 1. The van der Waals surface area contributed by atoms with Crippen molar-refractivity contribution in [3.63, 3.8) is 0 Å². The third-order valence-corrected chi connectivity index (χ3v) is 3.81. The van der Waals surface area contributed by atoms with Gasteiger partial charge in [-0.15, -0.1) is 0 Å². The molecule has 0 saturated carbocycles. The summed E-state index contributed by atoms with van der Waals surface area (Å²) in [5.41, 5.74) is 0.775. The lowest BCUT2D eigenvalue weighted by Gasteiger charge is -2.05. The van der Waals surface area contributed by atoms with E-state index in [9.17, 15) is 4.79 Å². The Morgan fingerprint density at radius 3 is 1.95 bits per heavy atom. The molecule has 0 saturated heterocycles. The van der Waals surface area contributed by atoms with E-state index in [1.54, 1.807) is 0 Å². The molecule has 124 valence electrons. The van der Waals surface area contributed by atoms with Crippen LogP contribution in [0, 0.1) is 0 Å². The monoisotopic (exact) mass is 296 g/mol. The summed E-state index contributed by atoms with van der Waals surface area (Å²) in [6.45, 7) is 6.90. The first-order chi connectivity index (χ1) is 10.2. The molecule has 0 aromatic heterocycles. The maximum absolute atomic E-state index is 11.8. The summed E-state index contributed by atoms with van der Waals surface area (Å²) in [4.78, 5) is 11.8. The fraction of sp³-hybridized carbons (Fsp3) is 0.842. The van der Waals surface area contributed by atoms with E-state index in [0.29, 0.717) is 6.61 Å². The number of allylic oxidation sites excluding steroid dienone is 1. The summed E-state index contributed by atoms with van der Waals surface area (Å²) in [6.07, 6.45) is 16.7. The van der Waals surface area contributed by atoms with E-state index in [4.69, 9.17) is 4.74 Å². The predicted molar refractivity (Wildman–Crippen MR) is 91.5 cm³/mol. The number of unbranched alkanes of at least 4 members (excludes halogenated alkanes) is 10. The highest BCUT2D eigenvalue weighted by Gasteiger charge is 2.04. The summed E-state index contributed by atoms with van der Waals surface area (Å²) < 4.78 is 5.30. The Morgan fingerprint density at radius 2 is 1.33 bits per heavy atom. The van der Waals surface area contributed by atoms with Crippen molar-refractivity contribution in [2.24, 2.45) is 0 Å². The van der Waals surface area contributed by atoms with Crippen LogP contribution in [0.5, 0.6) is 0 Å². The van der Waals surface area contributed by atoms with E-state index in [0.717, 1.165) is 18.4 Å². The van der Waals surface area contributed by atoms with Gasteiger partial charge in [-0.25, -0.2) is 4.79 Å². The number of carbonyl (C=O) groups excluding carboxylic acids is 1. The molecule has 0 heterocycles. The molecule has 0 rings (SSSR count). The highest BCUT2D eigenvalue weighted by atomic mass is 16.5. The number of hydrogen-bond acceptors (Lipinski definition) is 2. The van der Waals surface area contributed by atoms with Gasteiger partial charge in [-0.05, 0) is 26.2 Å². The molecule has 2 nitrogen and oxygen atoms in total. The van der Waals surface area contributed by atoms with E-state index >= 15 is 0 Å². The van der Waals surface area contributed by atoms with Gasteiger partial charge in [0.2, 0.25) is 0 Å². The number of rotatable bonds is 14. The normalized spacial score (nSPS) is 11.7. The molecule has 0 unspecified atom stereocenters. The van der Waals surface area contributed by atoms with Crippen molar-refractivity contribution in [1.82, 2.24) is 0 Å². The molecule has 0 atom stereocenters. The van der Waals surface area contributed by atoms with Gasteiger partial charge in [-0.1, -0.05) is 77.7 Å². The third-order valence-electron chi connectivity index (χ3n) is 3.81. The second-order valence-electron chi connectivity index (χ2n) is 5.99. The van der Waals surface area contributed by atoms with Crippen molar-refractivity contribution in [2.45, 2.75) is 97.8 Å². The van der Waals surface area contributed by atoms with E-state index < -0.39 is 0 Å². The van der Waals surface area contributed by atoms with Gasteiger partial charge < -0.3 is 4.74 Å². The minimum Gasteiger partial charge on any atom is -0.462 e. The van der Waals surface area contributed by atoms with Crippen LogP contribution in [0.15, 0.2) is 11.6 Å². The standard InChI is InChI=1S/C19H36O2/c1-4-6-8-10-12-14-16-18(3)19(20)21-17-15-13-11-9-7-5-2/h16H,4-15,17H2,1-3H3. The van der Waals surface area contributed by atoms with Crippen molar-refractivity contribution in [3.05, 3.63) is 11.6 Å². The minimum absolute atomic E-state index is 0.128. The fourth-order valence-corrected chi connectivity index (χ4v) is 2.31. The quantitative estimate of drug-likeness (QED) is 0.217. The van der Waals surface area contributed by atoms with Gasteiger partial charge in [-0.3, -0.25) is 0 Å². The molecule has 0 bridgehead atoms. The lowest BCUT2D eigenvalue weighted by Crippen LogP contribution is -2.07. The van der Waals surface area contributed by atoms with Crippen molar-refractivity contribution in [3.8, 4) is 0 Å². The zero-order valence-corrected chi connectivity index (χ0v) is 14.6. The zero-order valence-electron chi connectivity index (χ0n) is 14.6. The smallest absolute Gasteiger partial charge is 0.333 e. The lowest BCUT2D eigenvalue weighted by atomic mass is 10.1. The highest BCUT2D eigenvalue weighted by Crippen LogP contribution is 2.09. The van der Waals surface area contributed by atoms with Crippen LogP contribution in [0.25, 0.3) is 0 Å². The van der Waals surface area contributed by atoms with Gasteiger partial charge in [-0.2, -0.15) is 0 Å². The average molecular weight is 296 g/mol. The van der Waals surface area contributed by atoms with Gasteiger partial charge in [0, 0.05) is 5.57 Å². The SMILES string of the molecule is CCCCCCCC=C(C)C(=O)OCCCCCCCC. The van der Waals surface area contributed by atoms with E-state index in [2.05, 4.69) is 13.8 Å². The summed E-state index contributed by atoms with van der Waals surface area (Å²) >= 11 is 0. The second kappa shape index (κ2) is 15.6. The van der Waals surface area contributed by atoms with Crippen LogP contribution < -0.4 is 0 Å². The summed E-state index contributed by atoms with van der Waals surface area (Å²) in [7, 11) is 0. The van der Waals surface area contributed by atoms with E-state index in [1.807, 2.05) is 13.0 Å². The molecule has 2 heteroatoms. The molecule has 0 N–H and O–H groups in total. The van der Waals surface area contributed by atoms with Crippen LogP contribution in [0.1, 0.15) is 97.8 Å². The molecule has 0 aromatic rings. The van der Waals surface area contributed by atoms with Crippen LogP contribution in [-0.2, 0) is 9.53 Å². The van der Waals surface area contributed by atoms with Crippen molar-refractivity contribution in [1.29, 1.82) is 0 Å². The van der Waals surface area contributed by atoms with Crippen LogP contribution in [0.2, 0.25) is 0 Å². The summed E-state index contributed by atoms with van der Waals surface area (Å²) in [5.74, 6) is -0.128. The minimum atomic E-state index is -0.128. The maximum Gasteiger partial charge on any atom is 0.333 e. The molecule has 0 aliphatic heterocycles. The number of ether oxygens (including phenoxy) is 1. The molecular formula is C19H36O2. The summed E-state index contributed by atoms with van der Waals surface area (Å²) in [5, 5.41) is 0. The van der Waals surface area contributed by atoms with Gasteiger partial charge in [0.05, 0.1) is 6.61 Å². The summed E-state index contributed by atoms with van der Waals surface area (Å²) in [6, 6.07) is 0. The largest absolute Gasteiger partial charge is 0.462 e. The Hall–Kier alpha value is -0.790. The third kappa shape index (κ3) is 13.9. The topological polar surface area (TPSA) is 26.3 Å². The van der Waals surface area contributed by atoms with Crippen molar-refractivity contribution in [2.75, 3.05) is 6.61 Å². The maximum atomic E-state index is 11.8. The fourth-order valence-electron chi connectivity index (χ4n) is 2.31. The van der Waals surface area contributed by atoms with Crippen molar-refractivity contribution >= 4 is 5.97 Å². The Bertz CT molecular complexity index is 269. The Balaban J connectivity index is 3.51. The van der Waals surface area contributed by atoms with Crippen LogP contribution in [-0.4, -0.2) is 12.6 Å². The predicted octanol–water partition coefficient (Wildman–Crippen LogP) is 6.20. The Kier molecular flexibility index (Phi) is 15.0. The molecule has 0 aromatic carbocycles. The highest BCUT2D eigenvalue weighted by molar-refractivity contribution is 5.87. The van der Waals surface area contributed by atoms with Crippen LogP contribution in [0.3, 0.4) is 0 Å². The molecule has 0 aliphatic carbocycles. The second-order valence-corrected chi connectivity index (χ2v) is 5.99. The van der Waals surface area contributed by atoms with Gasteiger partial charge in [0.15, 0.2) is 0 Å². The average Bonchev–Trinajstić information content (AvgIpc) is 2.49. The van der Waals surface area contributed by atoms with E-state index in [1.165, 1.54) is 64.2 Å². The molecular weight excluding hydrogens is 260 g/mol. The van der Waals surface area contributed by atoms with Gasteiger partial charge in [0.25, 0.3) is 0 Å². The molecule has 0 fully saturated rings. The number of hydrogen-bond donors (Lipinski definition) is 0. The van der Waals surface area contributed by atoms with Gasteiger partial charge >= 0.3 is 5.97 Å². The van der Waals surface area contributed by atoms with Crippen molar-refractivity contribution < 1.29 is 9.53 Å². The molecule has 0 amide bonds. The van der Waals surface area contributed by atoms with Crippen LogP contribution >= 0.6 is 0 Å². The van der Waals surface area contributed by atoms with Crippen LogP contribution in [0.4, 0.5) is 0 Å². The van der Waals surface area contributed by atoms with Gasteiger partial charge in [0.1, 0.15) is 0 Å². The first-order valence-corrected chi connectivity index (χ1v) is 9.06. The molecule has 0 aliphatic rings. The van der Waals surface area contributed by atoms with E-state index in [-0.39, 0.29) is 5.97 Å². The molecule has 0 radical (unpaired) electrons. The first-order valence-electron chi connectivity index (χ1n) is 9.06. The first kappa shape index (κ1) is 20.2. The lowest BCUT2D eigenvalue weighted by molar-refractivity contribution is -0.139. The molecule has 0 spiro atoms. The Morgan fingerprint density at radius 1 is 0.810 bits per heavy atom. The molecule has 21 heavy (non-hydrogen) atoms. The number of carbonyl (C=O) groups is 1. The zero-order chi connectivity index (χ0) is 15.8. The Labute approximate surface area is 132 Å².